The van der Waals surface area contributed by atoms with Gasteiger partial charge in [-0.3, -0.25) is 0 Å². The summed E-state index contributed by atoms with van der Waals surface area (Å²) in [5.74, 6) is -0.146. The summed E-state index contributed by atoms with van der Waals surface area (Å²) in [5.41, 5.74) is 1.12. The molecule has 0 aliphatic heterocycles. The number of hydrogen-bond donors (Lipinski definition) is 1. The Morgan fingerprint density at radius 2 is 2.12 bits per heavy atom. The fourth-order valence-electron chi connectivity index (χ4n) is 2.00. The van der Waals surface area contributed by atoms with Crippen molar-refractivity contribution < 1.29 is 4.39 Å². The van der Waals surface area contributed by atoms with Crippen LogP contribution in [0.3, 0.4) is 0 Å². The van der Waals surface area contributed by atoms with Gasteiger partial charge >= 0.3 is 0 Å². The van der Waals surface area contributed by atoms with Gasteiger partial charge in [0, 0.05) is 22.1 Å². The molecule has 88 valence electrons. The molecule has 0 saturated heterocycles. The first kappa shape index (κ1) is 12.1. The van der Waals surface area contributed by atoms with E-state index in [4.69, 9.17) is 0 Å². The van der Waals surface area contributed by atoms with Crippen LogP contribution in [0.15, 0.2) is 22.7 Å². The lowest BCUT2D eigenvalue weighted by Gasteiger charge is -2.16. The van der Waals surface area contributed by atoms with Crippen molar-refractivity contribution in [3.8, 4) is 0 Å². The van der Waals surface area contributed by atoms with E-state index in [1.54, 1.807) is 0 Å². The Labute approximate surface area is 105 Å². The third-order valence-corrected chi connectivity index (χ3v) is 3.89. The van der Waals surface area contributed by atoms with Crippen LogP contribution in [-0.4, -0.2) is 6.04 Å². The monoisotopic (exact) mass is 285 g/mol. The first-order valence-electron chi connectivity index (χ1n) is 5.61. The summed E-state index contributed by atoms with van der Waals surface area (Å²) in [7, 11) is 0. The molecule has 2 unspecified atom stereocenters. The molecule has 1 saturated carbocycles. The van der Waals surface area contributed by atoms with Gasteiger partial charge in [0.2, 0.25) is 0 Å². The van der Waals surface area contributed by atoms with Crippen LogP contribution in [0.4, 0.5) is 4.39 Å². The maximum Gasteiger partial charge on any atom is 0.129 e. The Balaban J connectivity index is 2.06. The highest BCUT2D eigenvalue weighted by molar-refractivity contribution is 9.10. The Kier molecular flexibility index (Phi) is 3.10. The van der Waals surface area contributed by atoms with E-state index in [9.17, 15) is 4.39 Å². The molecule has 1 aliphatic carbocycles. The molecule has 1 fully saturated rings. The minimum atomic E-state index is -0.146. The van der Waals surface area contributed by atoms with Crippen molar-refractivity contribution in [1.82, 2.24) is 5.32 Å². The number of nitrogens with one attached hydrogen (secondary N) is 1. The molecular weight excluding hydrogens is 269 g/mol. The normalized spacial score (nSPS) is 24.2. The highest BCUT2D eigenvalue weighted by Crippen LogP contribution is 2.45. The molecule has 3 heteroatoms. The number of benzene rings is 1. The average Bonchev–Trinajstić information content (AvgIpc) is 2.72. The van der Waals surface area contributed by atoms with Crippen molar-refractivity contribution in [2.24, 2.45) is 5.41 Å². The zero-order valence-corrected chi connectivity index (χ0v) is 11.4. The molecule has 0 spiro atoms. The van der Waals surface area contributed by atoms with Gasteiger partial charge in [0.1, 0.15) is 5.82 Å². The molecule has 1 aliphatic rings. The molecule has 0 aromatic heterocycles. The topological polar surface area (TPSA) is 12.0 Å². The molecule has 16 heavy (non-hydrogen) atoms. The number of hydrogen-bond acceptors (Lipinski definition) is 1. The van der Waals surface area contributed by atoms with Gasteiger partial charge < -0.3 is 5.32 Å². The molecule has 1 aromatic rings. The van der Waals surface area contributed by atoms with Crippen molar-refractivity contribution in [3.63, 3.8) is 0 Å². The van der Waals surface area contributed by atoms with Gasteiger partial charge in [0.05, 0.1) is 0 Å². The van der Waals surface area contributed by atoms with Crippen LogP contribution in [0, 0.1) is 11.2 Å². The number of halogens is 2. The maximum absolute atomic E-state index is 13.7. The highest BCUT2D eigenvalue weighted by Gasteiger charge is 2.46. The SMILES string of the molecule is CC(NC1CC1(C)C)c1ccc(Br)cc1F. The summed E-state index contributed by atoms with van der Waals surface area (Å²) in [6.07, 6.45) is 1.18. The van der Waals surface area contributed by atoms with Gasteiger partial charge in [0.15, 0.2) is 0 Å². The van der Waals surface area contributed by atoms with Crippen LogP contribution in [0.5, 0.6) is 0 Å². The summed E-state index contributed by atoms with van der Waals surface area (Å²) in [6, 6.07) is 5.83. The first-order chi connectivity index (χ1) is 7.40. The molecule has 0 radical (unpaired) electrons. The second kappa shape index (κ2) is 4.11. The molecule has 1 nitrogen and oxygen atoms in total. The van der Waals surface area contributed by atoms with E-state index in [1.807, 2.05) is 19.1 Å². The highest BCUT2D eigenvalue weighted by atomic mass is 79.9. The Bertz CT molecular complexity index is 403. The van der Waals surface area contributed by atoms with Gasteiger partial charge in [0.25, 0.3) is 0 Å². The van der Waals surface area contributed by atoms with Crippen LogP contribution >= 0.6 is 15.9 Å². The summed E-state index contributed by atoms with van der Waals surface area (Å²) >= 11 is 3.27. The zero-order chi connectivity index (χ0) is 11.9. The first-order valence-corrected chi connectivity index (χ1v) is 6.40. The van der Waals surface area contributed by atoms with E-state index in [1.165, 1.54) is 12.5 Å². The fourth-order valence-corrected chi connectivity index (χ4v) is 2.33. The van der Waals surface area contributed by atoms with Gasteiger partial charge in [-0.1, -0.05) is 35.8 Å². The van der Waals surface area contributed by atoms with E-state index in [0.717, 1.165) is 10.0 Å². The van der Waals surface area contributed by atoms with Crippen LogP contribution < -0.4 is 5.32 Å². The van der Waals surface area contributed by atoms with Gasteiger partial charge in [-0.25, -0.2) is 4.39 Å². The van der Waals surface area contributed by atoms with Crippen LogP contribution in [0.25, 0.3) is 0 Å². The summed E-state index contributed by atoms with van der Waals surface area (Å²) in [5, 5.41) is 3.47. The minimum Gasteiger partial charge on any atom is -0.307 e. The Morgan fingerprint density at radius 1 is 1.50 bits per heavy atom. The smallest absolute Gasteiger partial charge is 0.129 e. The van der Waals surface area contributed by atoms with Gasteiger partial charge in [-0.05, 0) is 30.9 Å². The lowest BCUT2D eigenvalue weighted by atomic mass is 10.1. The van der Waals surface area contributed by atoms with E-state index < -0.39 is 0 Å². The van der Waals surface area contributed by atoms with Crippen molar-refractivity contribution in [3.05, 3.63) is 34.1 Å². The van der Waals surface area contributed by atoms with E-state index >= 15 is 0 Å². The van der Waals surface area contributed by atoms with Gasteiger partial charge in [-0.2, -0.15) is 0 Å². The summed E-state index contributed by atoms with van der Waals surface area (Å²) in [6.45, 7) is 6.48. The Hall–Kier alpha value is -0.410. The molecule has 2 rings (SSSR count). The summed E-state index contributed by atoms with van der Waals surface area (Å²) in [4.78, 5) is 0. The molecular formula is C13H17BrFN. The quantitative estimate of drug-likeness (QED) is 0.884. The summed E-state index contributed by atoms with van der Waals surface area (Å²) < 4.78 is 14.5. The molecule has 0 amide bonds. The molecule has 0 heterocycles. The van der Waals surface area contributed by atoms with E-state index in [0.29, 0.717) is 11.5 Å². The lowest BCUT2D eigenvalue weighted by molar-refractivity contribution is 0.475. The minimum absolute atomic E-state index is 0.0693. The maximum atomic E-state index is 13.7. The van der Waals surface area contributed by atoms with Crippen molar-refractivity contribution in [2.75, 3.05) is 0 Å². The van der Waals surface area contributed by atoms with Crippen LogP contribution in [0.2, 0.25) is 0 Å². The zero-order valence-electron chi connectivity index (χ0n) is 9.85. The predicted molar refractivity (Wildman–Crippen MR) is 67.8 cm³/mol. The van der Waals surface area contributed by atoms with Crippen LogP contribution in [-0.2, 0) is 0 Å². The largest absolute Gasteiger partial charge is 0.307 e. The molecule has 2 atom stereocenters. The predicted octanol–water partition coefficient (Wildman–Crippen LogP) is 4.04. The lowest BCUT2D eigenvalue weighted by Crippen LogP contribution is -2.24. The van der Waals surface area contributed by atoms with E-state index in [2.05, 4.69) is 35.1 Å². The van der Waals surface area contributed by atoms with Crippen molar-refractivity contribution >= 4 is 15.9 Å². The standard InChI is InChI=1S/C13H17BrFN/c1-8(16-12-7-13(12,2)3)10-5-4-9(14)6-11(10)15/h4-6,8,12,16H,7H2,1-3H3. The van der Waals surface area contributed by atoms with Crippen molar-refractivity contribution in [2.45, 2.75) is 39.3 Å². The molecule has 1 N–H and O–H groups in total. The van der Waals surface area contributed by atoms with Crippen molar-refractivity contribution in [1.29, 1.82) is 0 Å². The second-order valence-electron chi connectivity index (χ2n) is 5.30. The fraction of sp³-hybridized carbons (Fsp3) is 0.538. The third kappa shape index (κ3) is 2.46. The molecule has 1 aromatic carbocycles. The second-order valence-corrected chi connectivity index (χ2v) is 6.22. The van der Waals surface area contributed by atoms with E-state index in [-0.39, 0.29) is 11.9 Å². The van der Waals surface area contributed by atoms with Crippen LogP contribution in [0.1, 0.15) is 38.8 Å². The molecule has 0 bridgehead atoms. The average molecular weight is 286 g/mol. The van der Waals surface area contributed by atoms with Gasteiger partial charge in [-0.15, -0.1) is 0 Å². The Morgan fingerprint density at radius 3 is 2.62 bits per heavy atom. The number of rotatable bonds is 3. The third-order valence-electron chi connectivity index (χ3n) is 3.39.